The lowest BCUT2D eigenvalue weighted by atomic mass is 10.1. The molecule has 0 bridgehead atoms. The maximum atomic E-state index is 14.2. The van der Waals surface area contributed by atoms with E-state index in [1.54, 1.807) is 0 Å². The Bertz CT molecular complexity index is 735. The Morgan fingerprint density at radius 3 is 2.27 bits per heavy atom. The Labute approximate surface area is 171 Å². The summed E-state index contributed by atoms with van der Waals surface area (Å²) in [5.41, 5.74) is -1.49. The molecule has 1 fully saturated rings. The predicted octanol–water partition coefficient (Wildman–Crippen LogP) is 5.85. The Morgan fingerprint density at radius 1 is 1.15 bits per heavy atom. The van der Waals surface area contributed by atoms with E-state index in [0.29, 0.717) is 3.39 Å². The molecule has 1 aliphatic carbocycles. The van der Waals surface area contributed by atoms with Crippen LogP contribution in [0.5, 0.6) is 0 Å². The summed E-state index contributed by atoms with van der Waals surface area (Å²) in [7, 11) is 1.22. The van der Waals surface area contributed by atoms with Crippen molar-refractivity contribution in [3.05, 3.63) is 43.1 Å². The van der Waals surface area contributed by atoms with E-state index in [1.807, 2.05) is 19.9 Å². The van der Waals surface area contributed by atoms with E-state index in [1.165, 1.54) is 7.11 Å². The van der Waals surface area contributed by atoms with Crippen LogP contribution in [0.4, 0.5) is 13.2 Å². The number of hydrogen-bond acceptors (Lipinski definition) is 3. The molecule has 26 heavy (non-hydrogen) atoms. The molecule has 2 rings (SSSR count). The van der Waals surface area contributed by atoms with Crippen molar-refractivity contribution in [2.24, 2.45) is 17.3 Å². The van der Waals surface area contributed by atoms with Gasteiger partial charge in [0.2, 0.25) is 0 Å². The van der Waals surface area contributed by atoms with E-state index >= 15 is 0 Å². The second kappa shape index (κ2) is 8.20. The maximum absolute atomic E-state index is 14.2. The second-order valence-corrected chi connectivity index (χ2v) is 9.69. The van der Waals surface area contributed by atoms with E-state index in [2.05, 4.69) is 36.6 Å². The minimum atomic E-state index is -1.41. The molecule has 0 amide bonds. The number of benzene rings is 1. The van der Waals surface area contributed by atoms with Gasteiger partial charge in [-0.3, -0.25) is 4.79 Å². The van der Waals surface area contributed by atoms with Crippen LogP contribution < -0.4 is 0 Å². The molecule has 0 heterocycles. The van der Waals surface area contributed by atoms with Crippen LogP contribution in [0.3, 0.4) is 0 Å². The van der Waals surface area contributed by atoms with Crippen molar-refractivity contribution in [2.75, 3.05) is 7.11 Å². The number of ether oxygens (including phenoxy) is 2. The highest BCUT2D eigenvalue weighted by atomic mass is 79.9. The van der Waals surface area contributed by atoms with Gasteiger partial charge in [0.1, 0.15) is 6.61 Å². The third kappa shape index (κ3) is 4.13. The van der Waals surface area contributed by atoms with Gasteiger partial charge < -0.3 is 9.47 Å². The molecular formula is C17H16Br2ClF3O3. The van der Waals surface area contributed by atoms with Gasteiger partial charge in [0.05, 0.1) is 26.5 Å². The van der Waals surface area contributed by atoms with Gasteiger partial charge in [0.15, 0.2) is 17.5 Å². The van der Waals surface area contributed by atoms with Crippen molar-refractivity contribution in [3.8, 4) is 0 Å². The molecule has 0 N–H and O–H groups in total. The quantitative estimate of drug-likeness (QED) is 0.349. The minimum absolute atomic E-state index is 0.0818. The monoisotopic (exact) mass is 518 g/mol. The van der Waals surface area contributed by atoms with Crippen molar-refractivity contribution in [1.29, 1.82) is 0 Å². The molecule has 1 aromatic rings. The number of halogens is 6. The van der Waals surface area contributed by atoms with Gasteiger partial charge in [-0.1, -0.05) is 31.5 Å². The zero-order valence-electron chi connectivity index (χ0n) is 14.1. The topological polar surface area (TPSA) is 35.5 Å². The molecule has 2 atom stereocenters. The first-order chi connectivity index (χ1) is 12.0. The lowest BCUT2D eigenvalue weighted by molar-refractivity contribution is -0.147. The van der Waals surface area contributed by atoms with Crippen molar-refractivity contribution in [2.45, 2.75) is 27.1 Å². The fourth-order valence-corrected chi connectivity index (χ4v) is 3.75. The van der Waals surface area contributed by atoms with Crippen LogP contribution in [0.1, 0.15) is 25.0 Å². The zero-order valence-corrected chi connectivity index (χ0v) is 18.1. The van der Waals surface area contributed by atoms with Crippen LogP contribution >= 0.6 is 43.5 Å². The first kappa shape index (κ1) is 21.7. The van der Waals surface area contributed by atoms with Crippen LogP contribution in [-0.4, -0.2) is 13.1 Å². The van der Waals surface area contributed by atoms with E-state index in [9.17, 15) is 18.0 Å². The van der Waals surface area contributed by atoms with Crippen molar-refractivity contribution in [1.82, 2.24) is 0 Å². The lowest BCUT2D eigenvalue weighted by Gasteiger charge is -2.13. The maximum Gasteiger partial charge on any atom is 0.310 e. The molecule has 3 nitrogen and oxygen atoms in total. The molecule has 0 saturated heterocycles. The first-order valence-corrected chi connectivity index (χ1v) is 9.52. The van der Waals surface area contributed by atoms with Gasteiger partial charge in [0.25, 0.3) is 0 Å². The van der Waals surface area contributed by atoms with Crippen LogP contribution in [0.15, 0.2) is 9.47 Å². The number of esters is 1. The van der Waals surface area contributed by atoms with Crippen LogP contribution in [0.25, 0.3) is 0 Å². The van der Waals surface area contributed by atoms with Gasteiger partial charge in [-0.25, -0.2) is 13.2 Å². The number of methoxy groups -OCH3 is 1. The SMILES string of the molecule is COCc1c(F)c(F)c(COC(=O)[C@@H]2[C@H](C=C(Br)Br)C2(C)C)c(Cl)c1F. The number of hydrogen-bond donors (Lipinski definition) is 0. The van der Waals surface area contributed by atoms with Gasteiger partial charge in [-0.15, -0.1) is 0 Å². The average molecular weight is 521 g/mol. The number of carbonyl (C=O) groups excluding carboxylic acids is 1. The normalized spacial score (nSPS) is 20.7. The molecule has 1 aliphatic rings. The molecular weight excluding hydrogens is 504 g/mol. The minimum Gasteiger partial charge on any atom is -0.460 e. The molecule has 1 saturated carbocycles. The predicted molar refractivity (Wildman–Crippen MR) is 98.5 cm³/mol. The van der Waals surface area contributed by atoms with E-state index in [0.717, 1.165) is 0 Å². The van der Waals surface area contributed by atoms with Gasteiger partial charge in [0, 0.05) is 12.7 Å². The molecule has 0 unspecified atom stereocenters. The first-order valence-electron chi connectivity index (χ1n) is 7.56. The summed E-state index contributed by atoms with van der Waals surface area (Å²) >= 11 is 12.3. The van der Waals surface area contributed by atoms with E-state index < -0.39 is 58.7 Å². The summed E-state index contributed by atoms with van der Waals surface area (Å²) in [6.07, 6.45) is 1.82. The third-order valence-electron chi connectivity index (χ3n) is 4.56. The second-order valence-electron chi connectivity index (χ2n) is 6.53. The summed E-state index contributed by atoms with van der Waals surface area (Å²) in [4.78, 5) is 12.3. The molecule has 144 valence electrons. The van der Waals surface area contributed by atoms with Gasteiger partial charge in [-0.05, 0) is 43.2 Å². The molecule has 0 aromatic heterocycles. The molecule has 9 heteroatoms. The molecule has 0 aliphatic heterocycles. The van der Waals surface area contributed by atoms with Crippen LogP contribution in [0, 0.1) is 34.7 Å². The lowest BCUT2D eigenvalue weighted by Crippen LogP contribution is -2.13. The Kier molecular flexibility index (Phi) is 6.86. The fraction of sp³-hybridized carbons (Fsp3) is 0.471. The van der Waals surface area contributed by atoms with Gasteiger partial charge >= 0.3 is 5.97 Å². The summed E-state index contributed by atoms with van der Waals surface area (Å²) in [6, 6.07) is 0. The number of rotatable bonds is 6. The Hall–Kier alpha value is -0.570. The van der Waals surface area contributed by atoms with Crippen LogP contribution in [0.2, 0.25) is 5.02 Å². The highest BCUT2D eigenvalue weighted by Crippen LogP contribution is 2.60. The fourth-order valence-electron chi connectivity index (χ4n) is 2.93. The smallest absolute Gasteiger partial charge is 0.310 e. The summed E-state index contributed by atoms with van der Waals surface area (Å²) < 4.78 is 52.8. The highest BCUT2D eigenvalue weighted by Gasteiger charge is 2.61. The summed E-state index contributed by atoms with van der Waals surface area (Å²) in [6.45, 7) is 2.63. The molecule has 0 spiro atoms. The largest absolute Gasteiger partial charge is 0.460 e. The molecule has 1 aromatic carbocycles. The van der Waals surface area contributed by atoms with Crippen molar-refractivity contribution in [3.63, 3.8) is 0 Å². The van der Waals surface area contributed by atoms with E-state index in [4.69, 9.17) is 16.3 Å². The highest BCUT2D eigenvalue weighted by molar-refractivity contribution is 9.28. The summed E-state index contributed by atoms with van der Waals surface area (Å²) in [5.74, 6) is -5.01. The third-order valence-corrected chi connectivity index (χ3v) is 5.49. The van der Waals surface area contributed by atoms with E-state index in [-0.39, 0.29) is 11.3 Å². The Balaban J connectivity index is 2.18. The number of carbonyl (C=O) groups is 1. The van der Waals surface area contributed by atoms with Gasteiger partial charge in [-0.2, -0.15) is 0 Å². The van der Waals surface area contributed by atoms with Crippen molar-refractivity contribution >= 4 is 49.4 Å². The number of allylic oxidation sites excluding steroid dienone is 1. The van der Waals surface area contributed by atoms with Crippen LogP contribution in [-0.2, 0) is 27.5 Å². The summed E-state index contributed by atoms with van der Waals surface area (Å²) in [5, 5.41) is -0.626. The average Bonchev–Trinajstić information content (AvgIpc) is 3.09. The standard InChI is InChI=1S/C17H16Br2ClF3O3/c1-17(2)9(4-10(18)19)11(17)16(24)26-6-7-12(20)13(21)8(5-25-3)15(23)14(7)22/h4,9,11H,5-6H2,1-3H3/t9-,11-/m0/s1. The zero-order chi connectivity index (χ0) is 19.8. The van der Waals surface area contributed by atoms with Crippen molar-refractivity contribution < 1.29 is 27.4 Å². The Morgan fingerprint density at radius 2 is 1.73 bits per heavy atom. The molecule has 0 radical (unpaired) electrons.